The fraction of sp³-hybridized carbons (Fsp3) is 0.500. The highest BCUT2D eigenvalue weighted by Crippen LogP contribution is 2.32. The summed E-state index contributed by atoms with van der Waals surface area (Å²) in [4.78, 5) is 4.57. The van der Waals surface area contributed by atoms with E-state index < -0.39 is 0 Å². The molecule has 2 heterocycles. The molecule has 1 saturated heterocycles. The molecule has 1 unspecified atom stereocenters. The van der Waals surface area contributed by atoms with Gasteiger partial charge in [0.2, 0.25) is 11.7 Å². The minimum atomic E-state index is 0.344. The van der Waals surface area contributed by atoms with Gasteiger partial charge >= 0.3 is 0 Å². The van der Waals surface area contributed by atoms with Gasteiger partial charge in [-0.1, -0.05) is 5.16 Å². The molecule has 1 aromatic heterocycles. The van der Waals surface area contributed by atoms with E-state index in [1.165, 1.54) is 0 Å². The first-order valence-corrected chi connectivity index (χ1v) is 7.58. The Morgan fingerprint density at radius 1 is 1.14 bits per heavy atom. The molecule has 1 N–H and O–H groups in total. The Labute approximate surface area is 129 Å². The van der Waals surface area contributed by atoms with Crippen LogP contribution in [0.2, 0.25) is 0 Å². The zero-order chi connectivity index (χ0) is 15.4. The standard InChI is InChI=1S/C16H21N3O3/c1-20-13-6-5-12(10-14(13)21-2)15-18-16(22-19-15)11-4-3-8-17-9-7-11/h5-6,10-11,17H,3-4,7-9H2,1-2H3. The van der Waals surface area contributed by atoms with Gasteiger partial charge in [0.15, 0.2) is 11.5 Å². The highest BCUT2D eigenvalue weighted by molar-refractivity contribution is 5.60. The lowest BCUT2D eigenvalue weighted by atomic mass is 10.0. The van der Waals surface area contributed by atoms with Crippen molar-refractivity contribution in [3.05, 3.63) is 24.1 Å². The van der Waals surface area contributed by atoms with E-state index in [0.717, 1.165) is 43.8 Å². The lowest BCUT2D eigenvalue weighted by Crippen LogP contribution is -2.13. The first-order valence-electron chi connectivity index (χ1n) is 7.58. The lowest BCUT2D eigenvalue weighted by Gasteiger charge is -2.08. The summed E-state index contributed by atoms with van der Waals surface area (Å²) >= 11 is 0. The fourth-order valence-corrected chi connectivity index (χ4v) is 2.76. The van der Waals surface area contributed by atoms with Crippen LogP contribution in [0.5, 0.6) is 11.5 Å². The van der Waals surface area contributed by atoms with Crippen LogP contribution in [0.3, 0.4) is 0 Å². The van der Waals surface area contributed by atoms with Crippen LogP contribution in [0, 0.1) is 0 Å². The highest BCUT2D eigenvalue weighted by atomic mass is 16.5. The molecule has 3 rings (SSSR count). The number of rotatable bonds is 4. The summed E-state index contributed by atoms with van der Waals surface area (Å²) in [6.07, 6.45) is 3.26. The SMILES string of the molecule is COc1ccc(-c2noc(C3CCCNCC3)n2)cc1OC. The van der Waals surface area contributed by atoms with Crippen molar-refractivity contribution >= 4 is 0 Å². The molecule has 0 radical (unpaired) electrons. The number of nitrogens with zero attached hydrogens (tertiary/aromatic N) is 2. The van der Waals surface area contributed by atoms with Gasteiger partial charge in [-0.15, -0.1) is 0 Å². The quantitative estimate of drug-likeness (QED) is 0.936. The van der Waals surface area contributed by atoms with Gasteiger partial charge in [0.25, 0.3) is 0 Å². The molecule has 6 heteroatoms. The molecule has 2 aromatic rings. The van der Waals surface area contributed by atoms with Gasteiger partial charge in [-0.3, -0.25) is 0 Å². The molecular weight excluding hydrogens is 282 g/mol. The first kappa shape index (κ1) is 14.8. The number of aromatic nitrogens is 2. The summed E-state index contributed by atoms with van der Waals surface area (Å²) in [5.74, 6) is 3.01. The normalized spacial score (nSPS) is 18.7. The molecule has 118 valence electrons. The predicted octanol–water partition coefficient (Wildman–Crippen LogP) is 2.61. The third-order valence-electron chi connectivity index (χ3n) is 4.01. The highest BCUT2D eigenvalue weighted by Gasteiger charge is 2.21. The van der Waals surface area contributed by atoms with Gasteiger partial charge in [-0.05, 0) is 50.6 Å². The van der Waals surface area contributed by atoms with Crippen molar-refractivity contribution in [2.75, 3.05) is 27.3 Å². The Balaban J connectivity index is 1.83. The van der Waals surface area contributed by atoms with Gasteiger partial charge in [0.1, 0.15) is 0 Å². The van der Waals surface area contributed by atoms with Gasteiger partial charge in [0.05, 0.1) is 14.2 Å². The number of hydrogen-bond acceptors (Lipinski definition) is 6. The summed E-state index contributed by atoms with van der Waals surface area (Å²) in [5, 5.41) is 7.51. The van der Waals surface area contributed by atoms with Crippen LogP contribution in [-0.2, 0) is 0 Å². The van der Waals surface area contributed by atoms with Gasteiger partial charge in [0, 0.05) is 11.5 Å². The Kier molecular flexibility index (Phi) is 4.58. The summed E-state index contributed by atoms with van der Waals surface area (Å²) in [5.41, 5.74) is 0.861. The van der Waals surface area contributed by atoms with Crippen molar-refractivity contribution in [1.29, 1.82) is 0 Å². The van der Waals surface area contributed by atoms with Crippen molar-refractivity contribution in [3.63, 3.8) is 0 Å². The second kappa shape index (κ2) is 6.79. The molecule has 0 aliphatic carbocycles. The second-order valence-electron chi connectivity index (χ2n) is 5.40. The zero-order valence-electron chi connectivity index (χ0n) is 13.0. The summed E-state index contributed by atoms with van der Waals surface area (Å²) in [6.45, 7) is 2.06. The Hall–Kier alpha value is -2.08. The second-order valence-corrected chi connectivity index (χ2v) is 5.40. The monoisotopic (exact) mass is 303 g/mol. The summed E-state index contributed by atoms with van der Waals surface area (Å²) in [7, 11) is 3.23. The van der Waals surface area contributed by atoms with E-state index in [2.05, 4.69) is 15.5 Å². The minimum absolute atomic E-state index is 0.344. The van der Waals surface area contributed by atoms with Crippen molar-refractivity contribution < 1.29 is 14.0 Å². The van der Waals surface area contributed by atoms with Crippen molar-refractivity contribution in [1.82, 2.24) is 15.5 Å². The topological polar surface area (TPSA) is 69.4 Å². The minimum Gasteiger partial charge on any atom is -0.493 e. The third-order valence-corrected chi connectivity index (χ3v) is 4.01. The van der Waals surface area contributed by atoms with Crippen LogP contribution >= 0.6 is 0 Å². The molecule has 0 bridgehead atoms. The average Bonchev–Trinajstić information content (AvgIpc) is 2.90. The van der Waals surface area contributed by atoms with Crippen LogP contribution < -0.4 is 14.8 Å². The number of benzene rings is 1. The number of hydrogen-bond donors (Lipinski definition) is 1. The van der Waals surface area contributed by atoms with Gasteiger partial charge < -0.3 is 19.3 Å². The molecule has 0 spiro atoms. The van der Waals surface area contributed by atoms with Crippen LogP contribution in [0.25, 0.3) is 11.4 Å². The lowest BCUT2D eigenvalue weighted by molar-refractivity contribution is 0.343. The largest absolute Gasteiger partial charge is 0.493 e. The third kappa shape index (κ3) is 3.06. The van der Waals surface area contributed by atoms with E-state index in [-0.39, 0.29) is 0 Å². The number of ether oxygens (including phenoxy) is 2. The van der Waals surface area contributed by atoms with Crippen LogP contribution in [0.1, 0.15) is 31.1 Å². The van der Waals surface area contributed by atoms with Crippen molar-refractivity contribution in [2.24, 2.45) is 0 Å². The van der Waals surface area contributed by atoms with E-state index in [4.69, 9.17) is 14.0 Å². The molecule has 6 nitrogen and oxygen atoms in total. The maximum absolute atomic E-state index is 5.48. The summed E-state index contributed by atoms with van der Waals surface area (Å²) in [6, 6.07) is 5.62. The molecule has 1 fully saturated rings. The fourth-order valence-electron chi connectivity index (χ4n) is 2.76. The molecular formula is C16H21N3O3. The van der Waals surface area contributed by atoms with Crippen LogP contribution in [-0.4, -0.2) is 37.4 Å². The Bertz CT molecular complexity index is 619. The molecule has 1 aromatic carbocycles. The molecule has 1 aliphatic rings. The smallest absolute Gasteiger partial charge is 0.230 e. The van der Waals surface area contributed by atoms with Crippen LogP contribution in [0.15, 0.2) is 22.7 Å². The zero-order valence-corrected chi connectivity index (χ0v) is 13.0. The van der Waals surface area contributed by atoms with Crippen molar-refractivity contribution in [3.8, 4) is 22.9 Å². The molecule has 1 atom stereocenters. The van der Waals surface area contributed by atoms with Gasteiger partial charge in [-0.2, -0.15) is 4.98 Å². The molecule has 0 saturated carbocycles. The van der Waals surface area contributed by atoms with E-state index >= 15 is 0 Å². The van der Waals surface area contributed by atoms with E-state index in [9.17, 15) is 0 Å². The Morgan fingerprint density at radius 3 is 2.82 bits per heavy atom. The summed E-state index contributed by atoms with van der Waals surface area (Å²) < 4.78 is 16.0. The average molecular weight is 303 g/mol. The van der Waals surface area contributed by atoms with E-state index in [0.29, 0.717) is 23.2 Å². The maximum Gasteiger partial charge on any atom is 0.230 e. The molecule has 22 heavy (non-hydrogen) atoms. The molecule has 1 aliphatic heterocycles. The maximum atomic E-state index is 5.48. The van der Waals surface area contributed by atoms with Crippen LogP contribution in [0.4, 0.5) is 0 Å². The first-order chi connectivity index (χ1) is 10.8. The number of methoxy groups -OCH3 is 2. The van der Waals surface area contributed by atoms with E-state index in [1.807, 2.05) is 18.2 Å². The number of nitrogens with one attached hydrogen (secondary N) is 1. The predicted molar refractivity (Wildman–Crippen MR) is 82.3 cm³/mol. The van der Waals surface area contributed by atoms with E-state index in [1.54, 1.807) is 14.2 Å². The molecule has 0 amide bonds. The van der Waals surface area contributed by atoms with Gasteiger partial charge in [-0.25, -0.2) is 0 Å². The van der Waals surface area contributed by atoms with Crippen molar-refractivity contribution in [2.45, 2.75) is 25.2 Å². The Morgan fingerprint density at radius 2 is 2.00 bits per heavy atom.